The third-order valence-corrected chi connectivity index (χ3v) is 5.56. The van der Waals surface area contributed by atoms with Crippen molar-refractivity contribution in [3.63, 3.8) is 0 Å². The number of aromatic nitrogens is 4. The Morgan fingerprint density at radius 2 is 1.90 bits per heavy atom. The number of nitrogens with one attached hydrogen (secondary N) is 2. The molecule has 1 atom stereocenters. The summed E-state index contributed by atoms with van der Waals surface area (Å²) >= 11 is 0. The normalized spacial score (nSPS) is 11.2. The molecule has 4 aromatic rings. The van der Waals surface area contributed by atoms with E-state index in [9.17, 15) is 10.0 Å². The summed E-state index contributed by atoms with van der Waals surface area (Å²) in [5.74, 6) is -1.85. The Morgan fingerprint density at radius 3 is 2.46 bits per heavy atom. The van der Waals surface area contributed by atoms with Gasteiger partial charge in [-0.15, -0.1) is 0 Å². The van der Waals surface area contributed by atoms with E-state index in [4.69, 9.17) is 30.5 Å². The van der Waals surface area contributed by atoms with E-state index in [1.54, 1.807) is 30.3 Å². The van der Waals surface area contributed by atoms with Crippen molar-refractivity contribution in [2.75, 3.05) is 14.2 Å². The third-order valence-electron chi connectivity index (χ3n) is 5.56. The number of carboxylic acids is 1. The van der Waals surface area contributed by atoms with E-state index in [1.807, 2.05) is 0 Å². The number of H-pyrrole nitrogens is 1. The second kappa shape index (κ2) is 12.4. The van der Waals surface area contributed by atoms with Crippen LogP contribution in [0.1, 0.15) is 35.4 Å². The molecule has 39 heavy (non-hydrogen) atoms. The van der Waals surface area contributed by atoms with Crippen LogP contribution in [0.25, 0.3) is 5.82 Å². The van der Waals surface area contributed by atoms with Gasteiger partial charge >= 0.3 is 11.5 Å². The van der Waals surface area contributed by atoms with Crippen molar-refractivity contribution < 1.29 is 28.5 Å². The standard InChI is InChI=1S/C24H23FN6O4.C2H4O2/c1-34-16-12-17(21(25)19(13-16)35-2)18(11-14-6-8-15(9-7-14)22(26)27)23-28-24(32)31(29-23)20-5-3-4-10-30(20)33;1-2(3)4/h3-10,12-13,18H,11H2,1-2H3,(H3,26,27)(H,28,29,32);1H3,(H,3,4). The summed E-state index contributed by atoms with van der Waals surface area (Å²) in [5.41, 5.74) is 6.39. The topological polar surface area (TPSA) is 183 Å². The van der Waals surface area contributed by atoms with E-state index < -0.39 is 23.4 Å². The number of carbonyl (C=O) groups is 1. The lowest BCUT2D eigenvalue weighted by molar-refractivity contribution is -0.600. The van der Waals surface area contributed by atoms with Crippen molar-refractivity contribution in [1.29, 1.82) is 5.41 Å². The molecule has 2 aromatic carbocycles. The van der Waals surface area contributed by atoms with E-state index in [1.165, 1.54) is 44.7 Å². The molecule has 0 aliphatic rings. The molecule has 1 unspecified atom stereocenters. The van der Waals surface area contributed by atoms with Gasteiger partial charge in [0.25, 0.3) is 5.97 Å². The van der Waals surface area contributed by atoms with Gasteiger partial charge in [0.1, 0.15) is 11.6 Å². The number of nitrogen functional groups attached to an aromatic ring is 1. The van der Waals surface area contributed by atoms with Crippen molar-refractivity contribution in [3.05, 3.63) is 105 Å². The number of pyridine rings is 1. The van der Waals surface area contributed by atoms with Gasteiger partial charge in [-0.05, 0) is 28.8 Å². The molecule has 0 saturated heterocycles. The number of nitrogens with zero attached hydrogens (tertiary/aromatic N) is 3. The van der Waals surface area contributed by atoms with Crippen LogP contribution < -0.4 is 25.6 Å². The average Bonchev–Trinajstić information content (AvgIpc) is 3.28. The Bertz CT molecular complexity index is 1530. The Morgan fingerprint density at radius 1 is 1.23 bits per heavy atom. The zero-order valence-corrected chi connectivity index (χ0v) is 21.3. The number of nitrogens with two attached hydrogens (primary N) is 1. The predicted molar refractivity (Wildman–Crippen MR) is 139 cm³/mol. The number of carboxylic acid groups (broad SMARTS) is 1. The molecule has 0 amide bonds. The number of hydrogen-bond acceptors (Lipinski definition) is 7. The van der Waals surface area contributed by atoms with E-state index in [0.717, 1.165) is 17.2 Å². The third kappa shape index (κ3) is 6.77. The van der Waals surface area contributed by atoms with E-state index in [-0.39, 0.29) is 35.2 Å². The molecule has 13 heteroatoms. The largest absolute Gasteiger partial charge is 0.711 e. The molecule has 2 aromatic heterocycles. The monoisotopic (exact) mass is 538 g/mol. The van der Waals surface area contributed by atoms with E-state index in [0.29, 0.717) is 16.0 Å². The maximum absolute atomic E-state index is 15.5. The molecule has 0 aliphatic carbocycles. The molecule has 0 aliphatic heterocycles. The van der Waals surface area contributed by atoms with Gasteiger partial charge in [-0.25, -0.2) is 13.9 Å². The first-order chi connectivity index (χ1) is 18.5. The molecule has 0 saturated carbocycles. The van der Waals surface area contributed by atoms with Crippen molar-refractivity contribution in [2.24, 2.45) is 5.73 Å². The molecule has 5 N–H and O–H groups in total. The average molecular weight is 539 g/mol. The van der Waals surface area contributed by atoms with Gasteiger partial charge in [0, 0.05) is 30.2 Å². The lowest BCUT2D eigenvalue weighted by Gasteiger charge is -2.18. The number of aliphatic carboxylic acids is 1. The first-order valence-corrected chi connectivity index (χ1v) is 11.5. The molecule has 0 radical (unpaired) electrons. The summed E-state index contributed by atoms with van der Waals surface area (Å²) < 4.78 is 27.4. The molecule has 4 rings (SSSR count). The Kier molecular flexibility index (Phi) is 8.99. The fourth-order valence-corrected chi connectivity index (χ4v) is 3.76. The molecule has 0 spiro atoms. The minimum atomic E-state index is -0.833. The molecule has 0 bridgehead atoms. The predicted octanol–water partition coefficient (Wildman–Crippen LogP) is 2.10. The van der Waals surface area contributed by atoms with Gasteiger partial charge in [-0.2, -0.15) is 0 Å². The summed E-state index contributed by atoms with van der Waals surface area (Å²) in [4.78, 5) is 24.4. The summed E-state index contributed by atoms with van der Waals surface area (Å²) in [6.45, 7) is 1.08. The highest BCUT2D eigenvalue weighted by Crippen LogP contribution is 2.35. The number of amidine groups is 1. The van der Waals surface area contributed by atoms with Crippen molar-refractivity contribution in [1.82, 2.24) is 14.8 Å². The highest BCUT2D eigenvalue weighted by molar-refractivity contribution is 5.94. The summed E-state index contributed by atoms with van der Waals surface area (Å²) in [6, 6.07) is 14.4. The van der Waals surface area contributed by atoms with Crippen LogP contribution in [0, 0.1) is 16.4 Å². The van der Waals surface area contributed by atoms with Gasteiger partial charge in [0.2, 0.25) is 0 Å². The minimum Gasteiger partial charge on any atom is -0.711 e. The first kappa shape index (κ1) is 28.4. The Balaban J connectivity index is 0.000000983. The smallest absolute Gasteiger partial charge is 0.440 e. The number of rotatable bonds is 8. The molecular formula is C26H27FN6O6. The highest BCUT2D eigenvalue weighted by atomic mass is 19.1. The van der Waals surface area contributed by atoms with Crippen LogP contribution in [0.3, 0.4) is 0 Å². The zero-order valence-electron chi connectivity index (χ0n) is 21.3. The fraction of sp³-hybridized carbons (Fsp3) is 0.192. The quantitative estimate of drug-likeness (QED) is 0.114. The summed E-state index contributed by atoms with van der Waals surface area (Å²) in [5, 5.41) is 31.5. The van der Waals surface area contributed by atoms with Gasteiger partial charge < -0.3 is 25.5 Å². The molecular weight excluding hydrogens is 511 g/mol. The van der Waals surface area contributed by atoms with E-state index >= 15 is 4.39 Å². The van der Waals surface area contributed by atoms with Gasteiger partial charge in [-0.3, -0.25) is 15.2 Å². The summed E-state index contributed by atoms with van der Waals surface area (Å²) in [7, 11) is 2.79. The number of ether oxygens (including phenoxy) is 2. The van der Waals surface area contributed by atoms with Crippen molar-refractivity contribution in [2.45, 2.75) is 19.3 Å². The van der Waals surface area contributed by atoms with Crippen LogP contribution in [0.2, 0.25) is 0 Å². The lowest BCUT2D eigenvalue weighted by Crippen LogP contribution is -2.35. The zero-order chi connectivity index (χ0) is 28.7. The van der Waals surface area contributed by atoms with E-state index in [2.05, 4.69) is 10.1 Å². The Labute approximate surface area is 222 Å². The molecule has 204 valence electrons. The van der Waals surface area contributed by atoms with Gasteiger partial charge in [0.05, 0.1) is 26.3 Å². The molecule has 2 heterocycles. The van der Waals surface area contributed by atoms with Crippen molar-refractivity contribution in [3.8, 4) is 17.3 Å². The highest BCUT2D eigenvalue weighted by Gasteiger charge is 2.29. The van der Waals surface area contributed by atoms with Crippen molar-refractivity contribution >= 4 is 11.8 Å². The van der Waals surface area contributed by atoms with Crippen LogP contribution in [0.4, 0.5) is 4.39 Å². The first-order valence-electron chi connectivity index (χ1n) is 11.5. The lowest BCUT2D eigenvalue weighted by atomic mass is 9.90. The van der Waals surface area contributed by atoms with Crippen LogP contribution in [0.5, 0.6) is 11.5 Å². The summed E-state index contributed by atoms with van der Waals surface area (Å²) in [6.07, 6.45) is 1.47. The number of benzene rings is 2. The van der Waals surface area contributed by atoms with Crippen LogP contribution in [0.15, 0.2) is 65.6 Å². The van der Waals surface area contributed by atoms with Gasteiger partial charge in [0.15, 0.2) is 17.4 Å². The molecule has 12 nitrogen and oxygen atoms in total. The maximum Gasteiger partial charge on any atom is 0.440 e. The second-order valence-corrected chi connectivity index (χ2v) is 8.23. The van der Waals surface area contributed by atoms with Crippen LogP contribution in [-0.4, -0.2) is 45.9 Å². The number of methoxy groups -OCH3 is 2. The number of aromatic amines is 1. The Hall–Kier alpha value is -5.20. The van der Waals surface area contributed by atoms with Crippen LogP contribution >= 0.6 is 0 Å². The van der Waals surface area contributed by atoms with Crippen LogP contribution in [-0.2, 0) is 11.2 Å². The fourth-order valence-electron chi connectivity index (χ4n) is 3.76. The molecule has 0 fully saturated rings. The SMILES string of the molecule is CC(=O)O.COc1cc(OC)c(F)c(C(Cc2ccc(C(=N)N)cc2)c2nn(-c3cccc[n+]3[O-])c(=O)[nH]2)c1. The second-order valence-electron chi connectivity index (χ2n) is 8.23. The maximum atomic E-state index is 15.5. The number of hydrogen-bond donors (Lipinski definition) is 4. The van der Waals surface area contributed by atoms with Gasteiger partial charge in [-0.1, -0.05) is 35.4 Å². The number of halogens is 1. The minimum absolute atomic E-state index is 0.00624.